The number of rotatable bonds is 5. The number of aromatic nitrogens is 2. The highest BCUT2D eigenvalue weighted by Crippen LogP contribution is 2.26. The minimum atomic E-state index is -3.43. The fourth-order valence-corrected chi connectivity index (χ4v) is 6.26. The Labute approximate surface area is 181 Å². The van der Waals surface area contributed by atoms with E-state index < -0.39 is 10.0 Å². The number of nitrogens with zero attached hydrogens (tertiary/aromatic N) is 4. The van der Waals surface area contributed by atoms with Gasteiger partial charge in [-0.25, -0.2) is 18.4 Å². The predicted molar refractivity (Wildman–Crippen MR) is 121 cm³/mol. The van der Waals surface area contributed by atoms with Crippen LogP contribution in [0.2, 0.25) is 0 Å². The zero-order valence-corrected chi connectivity index (χ0v) is 18.9. The second kappa shape index (κ2) is 8.33. The van der Waals surface area contributed by atoms with Crippen LogP contribution in [0, 0.1) is 20.8 Å². The number of piperazine rings is 1. The minimum absolute atomic E-state index is 0.413. The van der Waals surface area contributed by atoms with Crippen LogP contribution in [-0.2, 0) is 10.0 Å². The van der Waals surface area contributed by atoms with Crippen molar-refractivity contribution < 1.29 is 8.42 Å². The normalized spacial score (nSPS) is 15.4. The molecule has 4 rings (SSSR count). The molecule has 1 saturated heterocycles. The molecule has 9 heteroatoms. The molecule has 0 atom stereocenters. The van der Waals surface area contributed by atoms with Gasteiger partial charge in [0.25, 0.3) is 10.0 Å². The molecule has 2 aromatic heterocycles. The van der Waals surface area contributed by atoms with Crippen molar-refractivity contribution in [3.8, 4) is 0 Å². The van der Waals surface area contributed by atoms with Crippen LogP contribution < -0.4 is 10.2 Å². The summed E-state index contributed by atoms with van der Waals surface area (Å²) >= 11 is 1.32. The summed E-state index contributed by atoms with van der Waals surface area (Å²) in [5, 5.41) is 3.33. The summed E-state index contributed by atoms with van der Waals surface area (Å²) in [7, 11) is -3.43. The first-order valence-electron chi connectivity index (χ1n) is 9.82. The maximum atomic E-state index is 12.9. The average Bonchev–Trinajstić information content (AvgIpc) is 3.17. The van der Waals surface area contributed by atoms with Crippen molar-refractivity contribution in [3.05, 3.63) is 58.7 Å². The minimum Gasteiger partial charge on any atom is -0.354 e. The van der Waals surface area contributed by atoms with E-state index in [0.717, 1.165) is 22.2 Å². The standard InChI is InChI=1S/C21H25N5O2S2/c1-15-4-7-18(8-5-15)24-19-14-20(23-17(3)22-19)25-10-12-26(13-11-25)30(27,28)21-9-6-16(2)29-21/h4-9,14H,10-13H2,1-3H3,(H,22,23,24). The number of aryl methyl sites for hydroxylation is 3. The third kappa shape index (κ3) is 4.48. The Balaban J connectivity index is 1.47. The molecule has 158 valence electrons. The number of thiophene rings is 1. The lowest BCUT2D eigenvalue weighted by Gasteiger charge is -2.34. The predicted octanol–water partition coefficient (Wildman–Crippen LogP) is 3.72. The fourth-order valence-electron chi connectivity index (χ4n) is 3.40. The Morgan fingerprint density at radius 1 is 0.933 bits per heavy atom. The molecule has 0 bridgehead atoms. The van der Waals surface area contributed by atoms with Gasteiger partial charge in [-0.1, -0.05) is 17.7 Å². The number of anilines is 3. The van der Waals surface area contributed by atoms with E-state index >= 15 is 0 Å². The molecule has 0 amide bonds. The van der Waals surface area contributed by atoms with Crippen LogP contribution in [0.1, 0.15) is 16.3 Å². The molecular weight excluding hydrogens is 418 g/mol. The van der Waals surface area contributed by atoms with E-state index in [2.05, 4.69) is 27.1 Å². The molecule has 3 aromatic rings. The molecule has 7 nitrogen and oxygen atoms in total. The van der Waals surface area contributed by atoms with Gasteiger partial charge in [0.05, 0.1) is 0 Å². The number of sulfonamides is 1. The second-order valence-corrected chi connectivity index (χ2v) is 10.9. The summed E-state index contributed by atoms with van der Waals surface area (Å²) in [6.07, 6.45) is 0. The highest BCUT2D eigenvalue weighted by atomic mass is 32.2. The quantitative estimate of drug-likeness (QED) is 0.648. The van der Waals surface area contributed by atoms with Crippen molar-refractivity contribution in [1.29, 1.82) is 0 Å². The first-order valence-corrected chi connectivity index (χ1v) is 12.1. The number of nitrogens with one attached hydrogen (secondary N) is 1. The number of hydrogen-bond acceptors (Lipinski definition) is 7. The van der Waals surface area contributed by atoms with Gasteiger partial charge in [-0.3, -0.25) is 0 Å². The highest BCUT2D eigenvalue weighted by Gasteiger charge is 2.30. The number of benzene rings is 1. The fraction of sp³-hybridized carbons (Fsp3) is 0.333. The Morgan fingerprint density at radius 2 is 1.63 bits per heavy atom. The largest absolute Gasteiger partial charge is 0.354 e. The van der Waals surface area contributed by atoms with Crippen molar-refractivity contribution in [2.24, 2.45) is 0 Å². The molecule has 1 fully saturated rings. The monoisotopic (exact) mass is 443 g/mol. The third-order valence-corrected chi connectivity index (χ3v) is 8.39. The molecule has 0 radical (unpaired) electrons. The smallest absolute Gasteiger partial charge is 0.252 e. The SMILES string of the molecule is Cc1ccc(Nc2cc(N3CCN(S(=O)(=O)c4ccc(C)s4)CC3)nc(C)n2)cc1. The zero-order valence-electron chi connectivity index (χ0n) is 17.3. The van der Waals surface area contributed by atoms with Crippen LogP contribution >= 0.6 is 11.3 Å². The molecule has 0 saturated carbocycles. The molecular formula is C21H25N5O2S2. The van der Waals surface area contributed by atoms with Gasteiger partial charge in [-0.15, -0.1) is 11.3 Å². The van der Waals surface area contributed by atoms with E-state index in [9.17, 15) is 8.42 Å². The lowest BCUT2D eigenvalue weighted by Crippen LogP contribution is -2.48. The molecule has 1 aliphatic rings. The first-order chi connectivity index (χ1) is 14.3. The topological polar surface area (TPSA) is 78.4 Å². The summed E-state index contributed by atoms with van der Waals surface area (Å²) < 4.78 is 27.7. The maximum absolute atomic E-state index is 12.9. The van der Waals surface area contributed by atoms with E-state index in [0.29, 0.717) is 36.2 Å². The van der Waals surface area contributed by atoms with Gasteiger partial charge in [0.1, 0.15) is 21.7 Å². The van der Waals surface area contributed by atoms with Crippen LogP contribution in [0.25, 0.3) is 0 Å². The van der Waals surface area contributed by atoms with E-state index in [1.165, 1.54) is 16.9 Å². The van der Waals surface area contributed by atoms with Crippen LogP contribution in [0.15, 0.2) is 46.7 Å². The van der Waals surface area contributed by atoms with E-state index in [4.69, 9.17) is 0 Å². The summed E-state index contributed by atoms with van der Waals surface area (Å²) in [6, 6.07) is 13.6. The van der Waals surface area contributed by atoms with Crippen molar-refractivity contribution in [3.63, 3.8) is 0 Å². The van der Waals surface area contributed by atoms with Crippen LogP contribution in [0.5, 0.6) is 0 Å². The second-order valence-electron chi connectivity index (χ2n) is 7.41. The molecule has 30 heavy (non-hydrogen) atoms. The summed E-state index contributed by atoms with van der Waals surface area (Å²) in [5.74, 6) is 2.21. The van der Waals surface area contributed by atoms with Crippen LogP contribution in [0.3, 0.4) is 0 Å². The van der Waals surface area contributed by atoms with Crippen molar-refractivity contribution in [2.75, 3.05) is 36.4 Å². The molecule has 1 N–H and O–H groups in total. The van der Waals surface area contributed by atoms with Crippen molar-refractivity contribution in [2.45, 2.75) is 25.0 Å². The van der Waals surface area contributed by atoms with Gasteiger partial charge in [0, 0.05) is 42.8 Å². The Morgan fingerprint density at radius 3 is 2.27 bits per heavy atom. The Hall–Kier alpha value is -2.49. The third-order valence-electron chi connectivity index (χ3n) is 5.02. The van der Waals surface area contributed by atoms with Crippen LogP contribution in [-0.4, -0.2) is 48.9 Å². The summed E-state index contributed by atoms with van der Waals surface area (Å²) in [4.78, 5) is 12.2. The summed E-state index contributed by atoms with van der Waals surface area (Å²) in [5.41, 5.74) is 2.16. The lowest BCUT2D eigenvalue weighted by molar-refractivity contribution is 0.384. The molecule has 0 aliphatic carbocycles. The number of hydrogen-bond donors (Lipinski definition) is 1. The molecule has 0 unspecified atom stereocenters. The van der Waals surface area contributed by atoms with Gasteiger partial charge in [0.2, 0.25) is 0 Å². The van der Waals surface area contributed by atoms with E-state index in [1.54, 1.807) is 10.4 Å². The molecule has 1 aromatic carbocycles. The van der Waals surface area contributed by atoms with E-state index in [-0.39, 0.29) is 0 Å². The van der Waals surface area contributed by atoms with Crippen molar-refractivity contribution in [1.82, 2.24) is 14.3 Å². The van der Waals surface area contributed by atoms with Gasteiger partial charge in [-0.2, -0.15) is 4.31 Å². The molecule has 1 aliphatic heterocycles. The first kappa shape index (κ1) is 20.8. The maximum Gasteiger partial charge on any atom is 0.252 e. The highest BCUT2D eigenvalue weighted by molar-refractivity contribution is 7.91. The zero-order chi connectivity index (χ0) is 21.3. The lowest BCUT2D eigenvalue weighted by atomic mass is 10.2. The van der Waals surface area contributed by atoms with Crippen LogP contribution in [0.4, 0.5) is 17.3 Å². The molecule has 0 spiro atoms. The summed E-state index contributed by atoms with van der Waals surface area (Å²) in [6.45, 7) is 7.88. The van der Waals surface area contributed by atoms with E-state index in [1.807, 2.05) is 50.2 Å². The van der Waals surface area contributed by atoms with Gasteiger partial charge in [-0.05, 0) is 45.0 Å². The van der Waals surface area contributed by atoms with Gasteiger partial charge >= 0.3 is 0 Å². The Kier molecular flexibility index (Phi) is 5.77. The van der Waals surface area contributed by atoms with Gasteiger partial charge in [0.15, 0.2) is 0 Å². The van der Waals surface area contributed by atoms with Gasteiger partial charge < -0.3 is 10.2 Å². The average molecular weight is 444 g/mol. The molecule has 3 heterocycles. The Bertz CT molecular complexity index is 1130. The van der Waals surface area contributed by atoms with Crippen molar-refractivity contribution >= 4 is 38.7 Å².